The molecule has 0 aromatic heterocycles. The molecule has 0 radical (unpaired) electrons. The lowest BCUT2D eigenvalue weighted by Gasteiger charge is -2.23. The van der Waals surface area contributed by atoms with Gasteiger partial charge in [-0.1, -0.05) is 18.6 Å². The zero-order valence-electron chi connectivity index (χ0n) is 9.52. The van der Waals surface area contributed by atoms with Crippen molar-refractivity contribution in [2.45, 2.75) is 47.5 Å². The highest BCUT2D eigenvalue weighted by Gasteiger charge is 2.24. The summed E-state index contributed by atoms with van der Waals surface area (Å²) in [7, 11) is 0. The van der Waals surface area contributed by atoms with E-state index in [1.165, 1.54) is 5.57 Å². The lowest BCUT2D eigenvalue weighted by molar-refractivity contribution is 0.301. The van der Waals surface area contributed by atoms with Gasteiger partial charge >= 0.3 is 0 Å². The van der Waals surface area contributed by atoms with Crippen LogP contribution in [0.4, 0.5) is 0 Å². The number of nitriles is 1. The van der Waals surface area contributed by atoms with Gasteiger partial charge in [0.25, 0.3) is 0 Å². The Morgan fingerprint density at radius 1 is 1.46 bits per heavy atom. The first-order valence-electron chi connectivity index (χ1n) is 4.94. The fraction of sp³-hybridized carbons (Fsp3) is 0.750. The summed E-state index contributed by atoms with van der Waals surface area (Å²) < 4.78 is 0. The molecule has 0 rings (SSSR count). The van der Waals surface area contributed by atoms with Crippen LogP contribution in [0.1, 0.15) is 47.5 Å². The van der Waals surface area contributed by atoms with Gasteiger partial charge in [0.15, 0.2) is 0 Å². The molecular formula is C12H21N. The molecule has 1 unspecified atom stereocenters. The van der Waals surface area contributed by atoms with Crippen LogP contribution in [0.5, 0.6) is 0 Å². The fourth-order valence-corrected chi connectivity index (χ4v) is 1.09. The molecule has 0 aliphatic carbocycles. The SMILES string of the molecule is CC(C)=CCCC(C)C(C)(C)C#N. The van der Waals surface area contributed by atoms with Crippen LogP contribution in [0.3, 0.4) is 0 Å². The number of hydrogen-bond donors (Lipinski definition) is 0. The van der Waals surface area contributed by atoms with E-state index in [1.54, 1.807) is 0 Å². The van der Waals surface area contributed by atoms with E-state index in [9.17, 15) is 0 Å². The fourth-order valence-electron chi connectivity index (χ4n) is 1.09. The molecule has 13 heavy (non-hydrogen) atoms. The van der Waals surface area contributed by atoms with E-state index in [-0.39, 0.29) is 5.41 Å². The third-order valence-electron chi connectivity index (χ3n) is 2.67. The van der Waals surface area contributed by atoms with E-state index in [1.807, 2.05) is 13.8 Å². The zero-order valence-corrected chi connectivity index (χ0v) is 9.52. The third-order valence-corrected chi connectivity index (χ3v) is 2.67. The van der Waals surface area contributed by atoms with Crippen molar-refractivity contribution in [2.75, 3.05) is 0 Å². The Morgan fingerprint density at radius 3 is 2.38 bits per heavy atom. The van der Waals surface area contributed by atoms with Crippen molar-refractivity contribution in [3.8, 4) is 6.07 Å². The summed E-state index contributed by atoms with van der Waals surface area (Å²) >= 11 is 0. The number of hydrogen-bond acceptors (Lipinski definition) is 1. The molecule has 1 atom stereocenters. The summed E-state index contributed by atoms with van der Waals surface area (Å²) in [5.41, 5.74) is 1.18. The minimum atomic E-state index is -0.185. The molecule has 0 amide bonds. The predicted molar refractivity (Wildman–Crippen MR) is 57.2 cm³/mol. The van der Waals surface area contributed by atoms with Gasteiger partial charge in [0, 0.05) is 0 Å². The first kappa shape index (κ1) is 12.2. The van der Waals surface area contributed by atoms with Gasteiger partial charge in [-0.3, -0.25) is 0 Å². The van der Waals surface area contributed by atoms with Crippen molar-refractivity contribution in [3.63, 3.8) is 0 Å². The lowest BCUT2D eigenvalue weighted by Crippen LogP contribution is -2.18. The Labute approximate surface area is 82.5 Å². The zero-order chi connectivity index (χ0) is 10.5. The predicted octanol–water partition coefficient (Wildman–Crippen LogP) is 3.92. The normalized spacial score (nSPS) is 13.2. The maximum absolute atomic E-state index is 8.91. The van der Waals surface area contributed by atoms with Gasteiger partial charge in [-0.2, -0.15) is 5.26 Å². The van der Waals surface area contributed by atoms with Crippen molar-refractivity contribution < 1.29 is 0 Å². The Bertz CT molecular complexity index is 214. The monoisotopic (exact) mass is 179 g/mol. The van der Waals surface area contributed by atoms with Crippen LogP contribution in [-0.4, -0.2) is 0 Å². The van der Waals surface area contributed by atoms with Crippen LogP contribution in [0, 0.1) is 22.7 Å². The maximum Gasteiger partial charge on any atom is 0.0686 e. The van der Waals surface area contributed by atoms with Crippen LogP contribution in [0.2, 0.25) is 0 Å². The summed E-state index contributed by atoms with van der Waals surface area (Å²) in [6.07, 6.45) is 4.43. The molecule has 0 N–H and O–H groups in total. The second-order valence-corrected chi connectivity index (χ2v) is 4.59. The maximum atomic E-state index is 8.91. The molecule has 0 aromatic rings. The van der Waals surface area contributed by atoms with Crippen LogP contribution < -0.4 is 0 Å². The third kappa shape index (κ3) is 4.72. The van der Waals surface area contributed by atoms with Gasteiger partial charge in [-0.25, -0.2) is 0 Å². The van der Waals surface area contributed by atoms with E-state index in [2.05, 4.69) is 32.9 Å². The van der Waals surface area contributed by atoms with Gasteiger partial charge in [0.05, 0.1) is 11.5 Å². The van der Waals surface area contributed by atoms with Crippen molar-refractivity contribution in [3.05, 3.63) is 11.6 Å². The molecule has 74 valence electrons. The van der Waals surface area contributed by atoms with E-state index in [0.717, 1.165) is 12.8 Å². The van der Waals surface area contributed by atoms with Gasteiger partial charge in [0.2, 0.25) is 0 Å². The quantitative estimate of drug-likeness (QED) is 0.600. The minimum Gasteiger partial charge on any atom is -0.198 e. The lowest BCUT2D eigenvalue weighted by atomic mass is 9.79. The van der Waals surface area contributed by atoms with E-state index in [0.29, 0.717) is 5.92 Å². The second-order valence-electron chi connectivity index (χ2n) is 4.59. The first-order chi connectivity index (χ1) is 5.90. The van der Waals surface area contributed by atoms with Crippen molar-refractivity contribution >= 4 is 0 Å². The summed E-state index contributed by atoms with van der Waals surface area (Å²) in [6, 6.07) is 2.36. The summed E-state index contributed by atoms with van der Waals surface area (Å²) in [5.74, 6) is 0.466. The van der Waals surface area contributed by atoms with E-state index < -0.39 is 0 Å². The van der Waals surface area contributed by atoms with E-state index in [4.69, 9.17) is 5.26 Å². The average molecular weight is 179 g/mol. The average Bonchev–Trinajstić information content (AvgIpc) is 2.03. The summed E-state index contributed by atoms with van der Waals surface area (Å²) in [6.45, 7) is 10.4. The van der Waals surface area contributed by atoms with Crippen LogP contribution in [0.15, 0.2) is 11.6 Å². The molecule has 0 aromatic carbocycles. The Hall–Kier alpha value is -0.770. The van der Waals surface area contributed by atoms with Crippen LogP contribution >= 0.6 is 0 Å². The molecule has 0 heterocycles. The molecule has 0 fully saturated rings. The molecule has 1 heteroatoms. The van der Waals surface area contributed by atoms with Crippen molar-refractivity contribution in [1.82, 2.24) is 0 Å². The Balaban J connectivity index is 3.97. The van der Waals surface area contributed by atoms with Crippen molar-refractivity contribution in [1.29, 1.82) is 5.26 Å². The van der Waals surface area contributed by atoms with Gasteiger partial charge in [-0.05, 0) is 46.5 Å². The molecule has 1 nitrogen and oxygen atoms in total. The topological polar surface area (TPSA) is 23.8 Å². The smallest absolute Gasteiger partial charge is 0.0686 e. The molecule has 0 bridgehead atoms. The van der Waals surface area contributed by atoms with Gasteiger partial charge in [-0.15, -0.1) is 0 Å². The molecule has 0 saturated heterocycles. The standard InChI is InChI=1S/C12H21N/c1-10(2)7-6-8-11(3)12(4,5)9-13/h7,11H,6,8H2,1-5H3. The molecule has 0 aliphatic rings. The number of nitrogens with zero attached hydrogens (tertiary/aromatic N) is 1. The van der Waals surface area contributed by atoms with Crippen molar-refractivity contribution in [2.24, 2.45) is 11.3 Å². The number of allylic oxidation sites excluding steroid dienone is 2. The van der Waals surface area contributed by atoms with Crippen LogP contribution in [0.25, 0.3) is 0 Å². The highest BCUT2D eigenvalue weighted by Crippen LogP contribution is 2.29. The molecule has 0 spiro atoms. The van der Waals surface area contributed by atoms with Gasteiger partial charge in [0.1, 0.15) is 0 Å². The first-order valence-corrected chi connectivity index (χ1v) is 4.94. The highest BCUT2D eigenvalue weighted by molar-refractivity contribution is 4.97. The Morgan fingerprint density at radius 2 is 2.00 bits per heavy atom. The van der Waals surface area contributed by atoms with Gasteiger partial charge < -0.3 is 0 Å². The van der Waals surface area contributed by atoms with Crippen LogP contribution in [-0.2, 0) is 0 Å². The molecule has 0 aliphatic heterocycles. The summed E-state index contributed by atoms with van der Waals surface area (Å²) in [5, 5.41) is 8.91. The highest BCUT2D eigenvalue weighted by atomic mass is 14.4. The Kier molecular flexibility index (Phi) is 4.77. The molecular weight excluding hydrogens is 158 g/mol. The minimum absolute atomic E-state index is 0.185. The molecule has 0 saturated carbocycles. The largest absolute Gasteiger partial charge is 0.198 e. The summed E-state index contributed by atoms with van der Waals surface area (Å²) in [4.78, 5) is 0. The van der Waals surface area contributed by atoms with E-state index >= 15 is 0 Å². The second kappa shape index (κ2) is 5.07. The number of rotatable bonds is 4.